The molecule has 2 amide bonds. The van der Waals surface area contributed by atoms with Crippen molar-refractivity contribution in [3.63, 3.8) is 0 Å². The van der Waals surface area contributed by atoms with E-state index in [1.807, 2.05) is 37.3 Å². The van der Waals surface area contributed by atoms with Crippen molar-refractivity contribution in [1.29, 1.82) is 0 Å². The number of benzene rings is 2. The number of piperazine rings is 1. The predicted octanol–water partition coefficient (Wildman–Crippen LogP) is 3.95. The molecule has 2 aromatic carbocycles. The smallest absolute Gasteiger partial charge is 0.321 e. The van der Waals surface area contributed by atoms with Crippen LogP contribution in [0.2, 0.25) is 0 Å². The van der Waals surface area contributed by atoms with Gasteiger partial charge in [-0.1, -0.05) is 12.1 Å². The van der Waals surface area contributed by atoms with Crippen molar-refractivity contribution < 1.29 is 13.9 Å². The van der Waals surface area contributed by atoms with Gasteiger partial charge in [-0.25, -0.2) is 19.2 Å². The summed E-state index contributed by atoms with van der Waals surface area (Å²) in [6.07, 6.45) is 1.46. The summed E-state index contributed by atoms with van der Waals surface area (Å²) in [5.74, 6) is 0.919. The lowest BCUT2D eigenvalue weighted by atomic mass is 10.1. The van der Waals surface area contributed by atoms with Crippen LogP contribution >= 0.6 is 0 Å². The molecule has 0 saturated carbocycles. The molecular formula is C23H24FN5O2. The van der Waals surface area contributed by atoms with Gasteiger partial charge in [-0.15, -0.1) is 0 Å². The van der Waals surface area contributed by atoms with Gasteiger partial charge in [0.1, 0.15) is 23.7 Å². The molecule has 0 spiro atoms. The number of aromatic nitrogens is 2. The van der Waals surface area contributed by atoms with E-state index in [9.17, 15) is 9.18 Å². The molecule has 3 aromatic rings. The third-order valence-electron chi connectivity index (χ3n) is 5.25. The highest BCUT2D eigenvalue weighted by Crippen LogP contribution is 2.30. The third-order valence-corrected chi connectivity index (χ3v) is 5.25. The Morgan fingerprint density at radius 3 is 2.61 bits per heavy atom. The van der Waals surface area contributed by atoms with Crippen LogP contribution in [0.4, 0.5) is 20.7 Å². The Bertz CT molecular complexity index is 1080. The van der Waals surface area contributed by atoms with Gasteiger partial charge < -0.3 is 19.9 Å². The van der Waals surface area contributed by atoms with Crippen molar-refractivity contribution in [3.8, 4) is 17.0 Å². The van der Waals surface area contributed by atoms with E-state index in [0.29, 0.717) is 43.2 Å². The number of hydrogen-bond donors (Lipinski definition) is 1. The molecule has 1 aliphatic heterocycles. The number of rotatable bonds is 4. The molecule has 31 heavy (non-hydrogen) atoms. The summed E-state index contributed by atoms with van der Waals surface area (Å²) in [5, 5.41) is 2.95. The molecule has 7 nitrogen and oxygen atoms in total. The Hall–Kier alpha value is -3.68. The van der Waals surface area contributed by atoms with E-state index >= 15 is 0 Å². The number of carbonyl (C=O) groups is 1. The minimum Gasteiger partial charge on any atom is -0.496 e. The van der Waals surface area contributed by atoms with Crippen molar-refractivity contribution in [3.05, 3.63) is 66.2 Å². The molecule has 0 aliphatic carbocycles. The standard InChI is InChI=1S/C23H24FN5O2/c1-16-4-3-5-18(12-16)27-23(30)29-10-8-28(9-11-29)22-14-20(25-15-26-22)19-13-17(24)6-7-21(19)31-2/h3-7,12-15H,8-11H2,1-2H3,(H,27,30). The lowest BCUT2D eigenvalue weighted by Crippen LogP contribution is -2.50. The van der Waals surface area contributed by atoms with Crippen LogP contribution in [0.3, 0.4) is 0 Å². The van der Waals surface area contributed by atoms with Crippen LogP contribution in [-0.4, -0.2) is 54.2 Å². The van der Waals surface area contributed by atoms with Crippen molar-refractivity contribution >= 4 is 17.5 Å². The second-order valence-corrected chi connectivity index (χ2v) is 7.38. The van der Waals surface area contributed by atoms with Crippen LogP contribution < -0.4 is 15.0 Å². The Labute approximate surface area is 180 Å². The normalized spacial score (nSPS) is 13.8. The van der Waals surface area contributed by atoms with E-state index in [1.165, 1.54) is 18.5 Å². The first-order valence-electron chi connectivity index (χ1n) is 10.1. The number of ether oxygens (including phenoxy) is 1. The molecule has 1 aromatic heterocycles. The van der Waals surface area contributed by atoms with Crippen LogP contribution in [-0.2, 0) is 0 Å². The van der Waals surface area contributed by atoms with E-state index in [4.69, 9.17) is 4.74 Å². The highest BCUT2D eigenvalue weighted by Gasteiger charge is 2.22. The monoisotopic (exact) mass is 421 g/mol. The van der Waals surface area contributed by atoms with Crippen molar-refractivity contribution in [2.45, 2.75) is 6.92 Å². The first kappa shape index (κ1) is 20.6. The SMILES string of the molecule is COc1ccc(F)cc1-c1cc(N2CCN(C(=O)Nc3cccc(C)c3)CC2)ncn1. The first-order chi connectivity index (χ1) is 15.0. The van der Waals surface area contributed by atoms with E-state index in [1.54, 1.807) is 18.1 Å². The summed E-state index contributed by atoms with van der Waals surface area (Å²) in [7, 11) is 1.54. The van der Waals surface area contributed by atoms with E-state index in [0.717, 1.165) is 17.1 Å². The number of nitrogens with zero attached hydrogens (tertiary/aromatic N) is 4. The van der Waals surface area contributed by atoms with Crippen molar-refractivity contribution in [2.75, 3.05) is 43.5 Å². The summed E-state index contributed by atoms with van der Waals surface area (Å²) in [4.78, 5) is 25.1. The lowest BCUT2D eigenvalue weighted by molar-refractivity contribution is 0.208. The number of hydrogen-bond acceptors (Lipinski definition) is 5. The topological polar surface area (TPSA) is 70.6 Å². The van der Waals surface area contributed by atoms with Crippen LogP contribution in [0.15, 0.2) is 54.9 Å². The minimum atomic E-state index is -0.357. The minimum absolute atomic E-state index is 0.113. The average Bonchev–Trinajstić information content (AvgIpc) is 2.79. The van der Waals surface area contributed by atoms with Gasteiger partial charge in [0.15, 0.2) is 0 Å². The third kappa shape index (κ3) is 4.74. The maximum Gasteiger partial charge on any atom is 0.321 e. The summed E-state index contributed by atoms with van der Waals surface area (Å²) < 4.78 is 19.1. The fourth-order valence-electron chi connectivity index (χ4n) is 3.61. The van der Waals surface area contributed by atoms with Crippen molar-refractivity contribution in [2.24, 2.45) is 0 Å². The molecule has 0 unspecified atom stereocenters. The summed E-state index contributed by atoms with van der Waals surface area (Å²) in [6.45, 7) is 4.40. The predicted molar refractivity (Wildman–Crippen MR) is 118 cm³/mol. The average molecular weight is 421 g/mol. The lowest BCUT2D eigenvalue weighted by Gasteiger charge is -2.35. The van der Waals surface area contributed by atoms with Gasteiger partial charge >= 0.3 is 6.03 Å². The molecule has 160 valence electrons. The second kappa shape index (κ2) is 8.99. The molecule has 8 heteroatoms. The Morgan fingerprint density at radius 2 is 1.87 bits per heavy atom. The molecule has 1 saturated heterocycles. The largest absolute Gasteiger partial charge is 0.496 e. The number of halogens is 1. The number of nitrogens with one attached hydrogen (secondary N) is 1. The van der Waals surface area contributed by atoms with Crippen LogP contribution in [0.5, 0.6) is 5.75 Å². The number of methoxy groups -OCH3 is 1. The first-order valence-corrected chi connectivity index (χ1v) is 10.1. The maximum atomic E-state index is 13.8. The molecule has 1 N–H and O–H groups in total. The summed E-state index contributed by atoms with van der Waals surface area (Å²) in [6, 6.07) is 13.8. The molecule has 2 heterocycles. The molecule has 4 rings (SSSR count). The van der Waals surface area contributed by atoms with Gasteiger partial charge in [-0.3, -0.25) is 0 Å². The zero-order chi connectivity index (χ0) is 21.8. The molecule has 1 fully saturated rings. The highest BCUT2D eigenvalue weighted by atomic mass is 19.1. The molecule has 0 atom stereocenters. The molecule has 1 aliphatic rings. The molecular weight excluding hydrogens is 397 g/mol. The van der Waals surface area contributed by atoms with E-state index < -0.39 is 0 Å². The number of urea groups is 1. The quantitative estimate of drug-likeness (QED) is 0.691. The Morgan fingerprint density at radius 1 is 1.06 bits per heavy atom. The number of anilines is 2. The summed E-state index contributed by atoms with van der Waals surface area (Å²) in [5.41, 5.74) is 3.04. The fourth-order valence-corrected chi connectivity index (χ4v) is 3.61. The zero-order valence-corrected chi connectivity index (χ0v) is 17.5. The number of amides is 2. The zero-order valence-electron chi connectivity index (χ0n) is 17.5. The van der Waals surface area contributed by atoms with E-state index in [2.05, 4.69) is 20.2 Å². The maximum absolute atomic E-state index is 13.8. The van der Waals surface area contributed by atoms with Gasteiger partial charge in [-0.05, 0) is 42.8 Å². The highest BCUT2D eigenvalue weighted by molar-refractivity contribution is 5.89. The van der Waals surface area contributed by atoms with Gasteiger partial charge in [0.05, 0.1) is 12.8 Å². The summed E-state index contributed by atoms with van der Waals surface area (Å²) >= 11 is 0. The molecule has 0 bridgehead atoms. The Kier molecular flexibility index (Phi) is 5.97. The van der Waals surface area contributed by atoms with Gasteiger partial charge in [0, 0.05) is 43.5 Å². The molecule has 0 radical (unpaired) electrons. The Balaban J connectivity index is 1.43. The number of carbonyl (C=O) groups excluding carboxylic acids is 1. The number of aryl methyl sites for hydroxylation is 1. The van der Waals surface area contributed by atoms with Crippen LogP contribution in [0.25, 0.3) is 11.3 Å². The van der Waals surface area contributed by atoms with Gasteiger partial charge in [-0.2, -0.15) is 0 Å². The second-order valence-electron chi connectivity index (χ2n) is 7.38. The fraction of sp³-hybridized carbons (Fsp3) is 0.261. The van der Waals surface area contributed by atoms with Gasteiger partial charge in [0.2, 0.25) is 0 Å². The van der Waals surface area contributed by atoms with Crippen molar-refractivity contribution in [1.82, 2.24) is 14.9 Å². The van der Waals surface area contributed by atoms with E-state index in [-0.39, 0.29) is 11.8 Å². The van der Waals surface area contributed by atoms with Crippen LogP contribution in [0.1, 0.15) is 5.56 Å². The van der Waals surface area contributed by atoms with Crippen LogP contribution in [0, 0.1) is 12.7 Å². The van der Waals surface area contributed by atoms with Gasteiger partial charge in [0.25, 0.3) is 0 Å².